The number of nitrogens with zero attached hydrogens (tertiary/aromatic N) is 3. The van der Waals surface area contributed by atoms with Gasteiger partial charge in [-0.1, -0.05) is 5.16 Å². The second-order valence-corrected chi connectivity index (χ2v) is 7.98. The second-order valence-electron chi connectivity index (χ2n) is 6.49. The van der Waals surface area contributed by atoms with Crippen LogP contribution in [0.2, 0.25) is 0 Å². The largest absolute Gasteiger partial charge is 0.367 e. The van der Waals surface area contributed by atoms with Crippen molar-refractivity contribution in [1.29, 1.82) is 0 Å². The van der Waals surface area contributed by atoms with Crippen LogP contribution in [0.25, 0.3) is 0 Å². The van der Waals surface area contributed by atoms with Crippen molar-refractivity contribution in [3.05, 3.63) is 17.5 Å². The normalized spacial score (nSPS) is 23.7. The van der Waals surface area contributed by atoms with Crippen LogP contribution in [0.5, 0.6) is 0 Å². The topological polar surface area (TPSA) is 58.8 Å². The van der Waals surface area contributed by atoms with Gasteiger partial charge in [-0.25, -0.2) is 0 Å². The Morgan fingerprint density at radius 1 is 1.59 bits per heavy atom. The Bertz CT molecular complexity index is 540. The van der Waals surface area contributed by atoms with Gasteiger partial charge >= 0.3 is 0 Å². The summed E-state index contributed by atoms with van der Waals surface area (Å²) in [4.78, 5) is 15.5. The van der Waals surface area contributed by atoms with E-state index in [-0.39, 0.29) is 18.6 Å². The molecule has 0 unspecified atom stereocenters. The molecule has 0 aromatic carbocycles. The van der Waals surface area contributed by atoms with Crippen LogP contribution in [-0.4, -0.2) is 71.3 Å². The van der Waals surface area contributed by atoms with E-state index in [9.17, 15) is 4.79 Å². The van der Waals surface area contributed by atoms with E-state index < -0.39 is 0 Å². The first kappa shape index (κ1) is 15.8. The fourth-order valence-electron chi connectivity index (χ4n) is 3.05. The molecule has 2 saturated heterocycles. The van der Waals surface area contributed by atoms with E-state index >= 15 is 0 Å². The van der Waals surface area contributed by atoms with Crippen LogP contribution in [0, 0.1) is 6.92 Å². The van der Waals surface area contributed by atoms with Crippen molar-refractivity contribution in [2.45, 2.75) is 30.7 Å². The van der Waals surface area contributed by atoms with E-state index in [1.54, 1.807) is 19.0 Å². The molecule has 0 saturated carbocycles. The number of likely N-dealkylation sites (N-methyl/N-ethyl adjacent to an activating group) is 1. The van der Waals surface area contributed by atoms with Crippen molar-refractivity contribution in [2.75, 3.05) is 39.5 Å². The summed E-state index contributed by atoms with van der Waals surface area (Å²) in [5.41, 5.74) is 1.000. The van der Waals surface area contributed by atoms with Crippen molar-refractivity contribution >= 4 is 17.7 Å². The lowest BCUT2D eigenvalue weighted by Gasteiger charge is -2.47. The summed E-state index contributed by atoms with van der Waals surface area (Å²) < 4.78 is 11.2. The Kier molecular flexibility index (Phi) is 4.47. The quantitative estimate of drug-likeness (QED) is 0.809. The standard InChI is InChI=1S/C15H23N3O3S/c1-11-4-12(16-21-11)6-18-9-15(10-18)5-13(8-22-15)20-7-14(19)17(2)3/h4,13H,5-10H2,1-3H3/t13-/m0/s1. The molecule has 0 bridgehead atoms. The fraction of sp³-hybridized carbons (Fsp3) is 0.733. The molecule has 1 aromatic rings. The molecular formula is C15H23N3O3S. The molecule has 0 aliphatic carbocycles. The van der Waals surface area contributed by atoms with E-state index in [2.05, 4.69) is 10.1 Å². The lowest BCUT2D eigenvalue weighted by Crippen LogP contribution is -2.58. The molecule has 7 heteroatoms. The minimum atomic E-state index is 0.0302. The minimum absolute atomic E-state index is 0.0302. The average molecular weight is 325 g/mol. The lowest BCUT2D eigenvalue weighted by atomic mass is 9.93. The maximum Gasteiger partial charge on any atom is 0.248 e. The Labute approximate surface area is 135 Å². The summed E-state index contributed by atoms with van der Waals surface area (Å²) in [7, 11) is 3.51. The number of aryl methyl sites for hydroxylation is 1. The zero-order valence-corrected chi connectivity index (χ0v) is 14.2. The van der Waals surface area contributed by atoms with E-state index in [0.29, 0.717) is 4.75 Å². The van der Waals surface area contributed by atoms with Crippen LogP contribution >= 0.6 is 11.8 Å². The molecule has 3 rings (SSSR count). The minimum Gasteiger partial charge on any atom is -0.367 e. The zero-order valence-electron chi connectivity index (χ0n) is 13.4. The van der Waals surface area contributed by atoms with Crippen LogP contribution in [0.4, 0.5) is 0 Å². The van der Waals surface area contributed by atoms with Crippen LogP contribution in [0.1, 0.15) is 17.9 Å². The summed E-state index contributed by atoms with van der Waals surface area (Å²) in [6, 6.07) is 1.99. The molecule has 22 heavy (non-hydrogen) atoms. The molecule has 6 nitrogen and oxygen atoms in total. The molecule has 0 radical (unpaired) electrons. The first-order chi connectivity index (χ1) is 10.5. The predicted octanol–water partition coefficient (Wildman–Crippen LogP) is 1.15. The number of hydrogen-bond donors (Lipinski definition) is 0. The molecule has 122 valence electrons. The maximum absolute atomic E-state index is 11.6. The molecule has 3 heterocycles. The maximum atomic E-state index is 11.6. The number of carbonyl (C=O) groups excluding carboxylic acids is 1. The number of thioether (sulfide) groups is 1. The molecule has 0 N–H and O–H groups in total. The monoisotopic (exact) mass is 325 g/mol. The van der Waals surface area contributed by atoms with Gasteiger partial charge in [0.15, 0.2) is 0 Å². The fourth-order valence-corrected chi connectivity index (χ4v) is 4.66. The Balaban J connectivity index is 1.41. The smallest absolute Gasteiger partial charge is 0.248 e. The van der Waals surface area contributed by atoms with Crippen molar-refractivity contribution in [1.82, 2.24) is 15.0 Å². The van der Waals surface area contributed by atoms with Gasteiger partial charge in [-0.15, -0.1) is 11.8 Å². The van der Waals surface area contributed by atoms with Gasteiger partial charge in [-0.3, -0.25) is 9.69 Å². The highest BCUT2D eigenvalue weighted by atomic mass is 32.2. The molecule has 1 spiro atoms. The van der Waals surface area contributed by atoms with E-state index in [1.165, 1.54) is 0 Å². The number of aromatic nitrogens is 1. The highest BCUT2D eigenvalue weighted by molar-refractivity contribution is 8.01. The van der Waals surface area contributed by atoms with Gasteiger partial charge in [0.05, 0.1) is 11.8 Å². The summed E-state index contributed by atoms with van der Waals surface area (Å²) in [5, 5.41) is 4.04. The van der Waals surface area contributed by atoms with Crippen molar-refractivity contribution in [2.24, 2.45) is 0 Å². The zero-order chi connectivity index (χ0) is 15.7. The number of ether oxygens (including phenoxy) is 1. The predicted molar refractivity (Wildman–Crippen MR) is 84.8 cm³/mol. The Hall–Kier alpha value is -1.05. The van der Waals surface area contributed by atoms with Crippen LogP contribution in [-0.2, 0) is 16.1 Å². The summed E-state index contributed by atoms with van der Waals surface area (Å²) in [5.74, 6) is 1.87. The average Bonchev–Trinajstić information content (AvgIpc) is 3.02. The number of amides is 1. The molecule has 2 aliphatic heterocycles. The van der Waals surface area contributed by atoms with Crippen LogP contribution in [0.3, 0.4) is 0 Å². The number of likely N-dealkylation sites (tertiary alicyclic amines) is 1. The lowest BCUT2D eigenvalue weighted by molar-refractivity contribution is -0.135. The van der Waals surface area contributed by atoms with E-state index in [1.807, 2.05) is 24.8 Å². The van der Waals surface area contributed by atoms with Crippen LogP contribution in [0.15, 0.2) is 10.6 Å². The third-order valence-electron chi connectivity index (χ3n) is 4.20. The van der Waals surface area contributed by atoms with Gasteiger partial charge in [0, 0.05) is 50.3 Å². The molecule has 1 aromatic heterocycles. The third-order valence-corrected chi connectivity index (χ3v) is 5.78. The summed E-state index contributed by atoms with van der Waals surface area (Å²) in [6.45, 7) is 5.08. The first-order valence-corrected chi connectivity index (χ1v) is 8.55. The Morgan fingerprint density at radius 2 is 2.36 bits per heavy atom. The van der Waals surface area contributed by atoms with Crippen LogP contribution < -0.4 is 0 Å². The van der Waals surface area contributed by atoms with E-state index in [4.69, 9.17) is 9.26 Å². The molecule has 1 amide bonds. The Morgan fingerprint density at radius 3 is 3.00 bits per heavy atom. The van der Waals surface area contributed by atoms with Gasteiger partial charge in [0.25, 0.3) is 0 Å². The highest BCUT2D eigenvalue weighted by Gasteiger charge is 2.49. The third kappa shape index (κ3) is 3.47. The van der Waals surface area contributed by atoms with Gasteiger partial charge < -0.3 is 14.2 Å². The van der Waals surface area contributed by atoms with Gasteiger partial charge in [-0.2, -0.15) is 0 Å². The SMILES string of the molecule is Cc1cc(CN2CC3(C[C@H](OCC(=O)N(C)C)CS3)C2)no1. The molecular weight excluding hydrogens is 302 g/mol. The summed E-state index contributed by atoms with van der Waals surface area (Å²) >= 11 is 1.98. The van der Waals surface area contributed by atoms with Gasteiger partial charge in [0.2, 0.25) is 5.91 Å². The van der Waals surface area contributed by atoms with Gasteiger partial charge in [0.1, 0.15) is 12.4 Å². The first-order valence-electron chi connectivity index (χ1n) is 7.56. The molecule has 2 aliphatic rings. The second kappa shape index (κ2) is 6.22. The highest BCUT2D eigenvalue weighted by Crippen LogP contribution is 2.46. The number of hydrogen-bond acceptors (Lipinski definition) is 6. The number of carbonyl (C=O) groups is 1. The molecule has 2 fully saturated rings. The van der Waals surface area contributed by atoms with E-state index in [0.717, 1.165) is 43.3 Å². The molecule has 1 atom stereocenters. The van der Waals surface area contributed by atoms with Crippen molar-refractivity contribution in [3.63, 3.8) is 0 Å². The number of rotatable bonds is 5. The van der Waals surface area contributed by atoms with Crippen molar-refractivity contribution < 1.29 is 14.1 Å². The van der Waals surface area contributed by atoms with Crippen molar-refractivity contribution in [3.8, 4) is 0 Å². The summed E-state index contributed by atoms with van der Waals surface area (Å²) in [6.07, 6.45) is 1.23. The van der Waals surface area contributed by atoms with Gasteiger partial charge in [-0.05, 0) is 13.3 Å².